The summed E-state index contributed by atoms with van der Waals surface area (Å²) in [4.78, 5) is 15.1. The SMILES string of the molecule is CC=C(C)CN(Cc1ccccc1)C(=O)C1Cc2c(Cl)cccc21. The van der Waals surface area contributed by atoms with Gasteiger partial charge >= 0.3 is 0 Å². The molecule has 0 heterocycles. The van der Waals surface area contributed by atoms with Crippen LogP contribution in [0.2, 0.25) is 5.02 Å². The van der Waals surface area contributed by atoms with Crippen molar-refractivity contribution in [1.82, 2.24) is 4.90 Å². The smallest absolute Gasteiger partial charge is 0.231 e. The summed E-state index contributed by atoms with van der Waals surface area (Å²) in [6, 6.07) is 16.0. The topological polar surface area (TPSA) is 20.3 Å². The van der Waals surface area contributed by atoms with Gasteiger partial charge in [-0.05, 0) is 43.0 Å². The lowest BCUT2D eigenvalue weighted by Crippen LogP contribution is -2.40. The van der Waals surface area contributed by atoms with E-state index in [1.54, 1.807) is 0 Å². The maximum absolute atomic E-state index is 13.1. The van der Waals surface area contributed by atoms with Crippen molar-refractivity contribution in [2.45, 2.75) is 32.7 Å². The van der Waals surface area contributed by atoms with E-state index in [1.165, 1.54) is 5.57 Å². The fourth-order valence-electron chi connectivity index (χ4n) is 3.15. The molecule has 2 aromatic carbocycles. The number of rotatable bonds is 5. The van der Waals surface area contributed by atoms with E-state index in [4.69, 9.17) is 11.6 Å². The minimum Gasteiger partial charge on any atom is -0.334 e. The number of benzene rings is 2. The summed E-state index contributed by atoms with van der Waals surface area (Å²) in [7, 11) is 0. The zero-order valence-electron chi connectivity index (χ0n) is 14.1. The standard InChI is InChI=1S/C21H22ClNO/c1-3-15(2)13-23(14-16-8-5-4-6-9-16)21(24)19-12-18-17(19)10-7-11-20(18)22/h3-11,19H,12-14H2,1-2H3. The van der Waals surface area contributed by atoms with Crippen LogP contribution in [0.5, 0.6) is 0 Å². The first-order chi connectivity index (χ1) is 11.6. The zero-order valence-corrected chi connectivity index (χ0v) is 14.9. The van der Waals surface area contributed by atoms with E-state index in [-0.39, 0.29) is 11.8 Å². The van der Waals surface area contributed by atoms with Crippen molar-refractivity contribution in [2.24, 2.45) is 0 Å². The molecule has 0 bridgehead atoms. The third kappa shape index (κ3) is 3.39. The highest BCUT2D eigenvalue weighted by atomic mass is 35.5. The van der Waals surface area contributed by atoms with E-state index in [0.29, 0.717) is 13.1 Å². The molecule has 1 atom stereocenters. The molecule has 1 aliphatic rings. The van der Waals surface area contributed by atoms with E-state index >= 15 is 0 Å². The van der Waals surface area contributed by atoms with Crippen molar-refractivity contribution < 1.29 is 4.79 Å². The van der Waals surface area contributed by atoms with Crippen LogP contribution in [-0.2, 0) is 17.8 Å². The molecule has 24 heavy (non-hydrogen) atoms. The number of carbonyl (C=O) groups is 1. The Morgan fingerprint density at radius 2 is 1.96 bits per heavy atom. The Morgan fingerprint density at radius 3 is 2.67 bits per heavy atom. The van der Waals surface area contributed by atoms with Gasteiger partial charge in [0.05, 0.1) is 5.92 Å². The predicted molar refractivity (Wildman–Crippen MR) is 99.2 cm³/mol. The summed E-state index contributed by atoms with van der Waals surface area (Å²) in [6.07, 6.45) is 2.81. The first-order valence-corrected chi connectivity index (χ1v) is 8.69. The number of amides is 1. The number of hydrogen-bond acceptors (Lipinski definition) is 1. The second kappa shape index (κ2) is 7.23. The van der Waals surface area contributed by atoms with Crippen LogP contribution < -0.4 is 0 Å². The van der Waals surface area contributed by atoms with Crippen LogP contribution in [0.15, 0.2) is 60.2 Å². The number of halogens is 1. The van der Waals surface area contributed by atoms with Gasteiger partial charge in [0.2, 0.25) is 5.91 Å². The lowest BCUT2D eigenvalue weighted by molar-refractivity contribution is -0.133. The summed E-state index contributed by atoms with van der Waals surface area (Å²) < 4.78 is 0. The van der Waals surface area contributed by atoms with Crippen LogP contribution in [0, 0.1) is 0 Å². The van der Waals surface area contributed by atoms with E-state index in [2.05, 4.69) is 25.1 Å². The van der Waals surface area contributed by atoms with Crippen molar-refractivity contribution in [3.8, 4) is 0 Å². The third-order valence-electron chi connectivity index (χ3n) is 4.70. The van der Waals surface area contributed by atoms with Gasteiger partial charge in [0.25, 0.3) is 0 Å². The van der Waals surface area contributed by atoms with Gasteiger partial charge in [-0.2, -0.15) is 0 Å². The molecule has 124 valence electrons. The Labute approximate surface area is 148 Å². The van der Waals surface area contributed by atoms with E-state index in [9.17, 15) is 4.79 Å². The van der Waals surface area contributed by atoms with Gasteiger partial charge in [0.1, 0.15) is 0 Å². The average molecular weight is 340 g/mol. The molecule has 0 radical (unpaired) electrons. The van der Waals surface area contributed by atoms with Gasteiger partial charge in [-0.15, -0.1) is 0 Å². The van der Waals surface area contributed by atoms with Crippen molar-refractivity contribution in [1.29, 1.82) is 0 Å². The molecule has 1 amide bonds. The van der Waals surface area contributed by atoms with Gasteiger partial charge < -0.3 is 4.90 Å². The number of allylic oxidation sites excluding steroid dienone is 1. The van der Waals surface area contributed by atoms with Crippen molar-refractivity contribution in [3.63, 3.8) is 0 Å². The van der Waals surface area contributed by atoms with E-state index in [0.717, 1.165) is 28.1 Å². The molecule has 0 saturated carbocycles. The fraction of sp³-hybridized carbons (Fsp3) is 0.286. The third-order valence-corrected chi connectivity index (χ3v) is 5.05. The van der Waals surface area contributed by atoms with Crippen LogP contribution in [0.3, 0.4) is 0 Å². The Hall–Kier alpha value is -2.06. The molecule has 1 unspecified atom stereocenters. The normalized spacial score (nSPS) is 16.3. The summed E-state index contributed by atoms with van der Waals surface area (Å²) in [6.45, 7) is 5.38. The van der Waals surface area contributed by atoms with Gasteiger partial charge in [-0.1, -0.05) is 65.7 Å². The van der Waals surface area contributed by atoms with Crippen LogP contribution in [0.4, 0.5) is 0 Å². The van der Waals surface area contributed by atoms with Gasteiger partial charge in [0, 0.05) is 18.1 Å². The Kier molecular flexibility index (Phi) is 5.06. The molecule has 0 saturated heterocycles. The summed E-state index contributed by atoms with van der Waals surface area (Å²) in [5, 5.41) is 0.774. The predicted octanol–water partition coefficient (Wildman–Crippen LogP) is 4.97. The molecule has 2 aromatic rings. The number of hydrogen-bond donors (Lipinski definition) is 0. The summed E-state index contributed by atoms with van der Waals surface area (Å²) >= 11 is 6.22. The highest BCUT2D eigenvalue weighted by Crippen LogP contribution is 2.40. The van der Waals surface area contributed by atoms with Crippen LogP contribution in [-0.4, -0.2) is 17.4 Å². The molecular formula is C21H22ClNO. The summed E-state index contributed by atoms with van der Waals surface area (Å²) in [5.74, 6) is 0.127. The molecule has 0 spiro atoms. The van der Waals surface area contributed by atoms with Crippen molar-refractivity contribution in [2.75, 3.05) is 6.54 Å². The minimum atomic E-state index is -0.0629. The Bertz CT molecular complexity index is 767. The first kappa shape index (κ1) is 16.8. The average Bonchev–Trinajstić information content (AvgIpc) is 2.57. The molecule has 2 nitrogen and oxygen atoms in total. The maximum atomic E-state index is 13.1. The fourth-order valence-corrected chi connectivity index (χ4v) is 3.41. The van der Waals surface area contributed by atoms with Gasteiger partial charge in [-0.3, -0.25) is 4.79 Å². The minimum absolute atomic E-state index is 0.0629. The molecule has 0 N–H and O–H groups in total. The highest BCUT2D eigenvalue weighted by molar-refractivity contribution is 6.31. The maximum Gasteiger partial charge on any atom is 0.231 e. The lowest BCUT2D eigenvalue weighted by Gasteiger charge is -2.35. The van der Waals surface area contributed by atoms with Crippen molar-refractivity contribution >= 4 is 17.5 Å². The quantitative estimate of drug-likeness (QED) is 0.704. The highest BCUT2D eigenvalue weighted by Gasteiger charge is 2.36. The number of nitrogens with zero attached hydrogens (tertiary/aromatic N) is 1. The number of carbonyl (C=O) groups excluding carboxylic acids is 1. The van der Waals surface area contributed by atoms with Crippen molar-refractivity contribution in [3.05, 3.63) is 81.9 Å². The zero-order chi connectivity index (χ0) is 17.1. The van der Waals surface area contributed by atoms with E-state index < -0.39 is 0 Å². The van der Waals surface area contributed by atoms with E-state index in [1.807, 2.05) is 48.2 Å². The van der Waals surface area contributed by atoms with Gasteiger partial charge in [0.15, 0.2) is 0 Å². The Balaban J connectivity index is 1.81. The molecule has 3 rings (SSSR count). The van der Waals surface area contributed by atoms with Crippen LogP contribution >= 0.6 is 11.6 Å². The first-order valence-electron chi connectivity index (χ1n) is 8.32. The largest absolute Gasteiger partial charge is 0.334 e. The van der Waals surface area contributed by atoms with Gasteiger partial charge in [-0.25, -0.2) is 0 Å². The number of fused-ring (bicyclic) bond motifs is 1. The molecule has 0 fully saturated rings. The molecular weight excluding hydrogens is 318 g/mol. The van der Waals surface area contributed by atoms with Crippen LogP contribution in [0.25, 0.3) is 0 Å². The monoisotopic (exact) mass is 339 g/mol. The molecule has 0 aromatic heterocycles. The van der Waals surface area contributed by atoms with Crippen LogP contribution in [0.1, 0.15) is 36.5 Å². The lowest BCUT2D eigenvalue weighted by atomic mass is 9.76. The molecule has 1 aliphatic carbocycles. The second-order valence-electron chi connectivity index (χ2n) is 6.38. The Morgan fingerprint density at radius 1 is 1.21 bits per heavy atom. The summed E-state index contributed by atoms with van der Waals surface area (Å²) in [5.41, 5.74) is 4.56. The second-order valence-corrected chi connectivity index (χ2v) is 6.79. The molecule has 0 aliphatic heterocycles. The molecule has 3 heteroatoms.